The first kappa shape index (κ1) is 16.2. The summed E-state index contributed by atoms with van der Waals surface area (Å²) in [5, 5.41) is 3.53. The van der Waals surface area contributed by atoms with E-state index in [4.69, 9.17) is 0 Å². The van der Waals surface area contributed by atoms with Crippen LogP contribution >= 0.6 is 0 Å². The van der Waals surface area contributed by atoms with E-state index < -0.39 is 0 Å². The van der Waals surface area contributed by atoms with Gasteiger partial charge in [-0.2, -0.15) is 0 Å². The maximum Gasteiger partial charge on any atom is 0.133 e. The fourth-order valence-corrected chi connectivity index (χ4v) is 2.64. The predicted octanol–water partition coefficient (Wildman–Crippen LogP) is 1.96. The van der Waals surface area contributed by atoms with E-state index in [9.17, 15) is 0 Å². The SMILES string of the molecule is Cc1cc(NC(C)CN2CCN(C)CC2)nc(C(C)C)n1. The molecule has 0 aromatic carbocycles. The number of rotatable bonds is 5. The molecule has 118 valence electrons. The van der Waals surface area contributed by atoms with E-state index in [0.717, 1.165) is 50.1 Å². The van der Waals surface area contributed by atoms with Gasteiger partial charge >= 0.3 is 0 Å². The molecule has 0 saturated carbocycles. The van der Waals surface area contributed by atoms with Gasteiger partial charge in [0.25, 0.3) is 0 Å². The van der Waals surface area contributed by atoms with Crippen LogP contribution in [0.2, 0.25) is 0 Å². The smallest absolute Gasteiger partial charge is 0.133 e. The molecule has 21 heavy (non-hydrogen) atoms. The average molecular weight is 291 g/mol. The van der Waals surface area contributed by atoms with Crippen LogP contribution in [0.1, 0.15) is 38.2 Å². The van der Waals surface area contributed by atoms with Crippen molar-refractivity contribution in [1.82, 2.24) is 19.8 Å². The van der Waals surface area contributed by atoms with Gasteiger partial charge in [-0.3, -0.25) is 4.90 Å². The minimum absolute atomic E-state index is 0.360. The summed E-state index contributed by atoms with van der Waals surface area (Å²) in [6.07, 6.45) is 0. The molecule has 1 aromatic rings. The molecule has 0 radical (unpaired) electrons. The molecule has 1 aliphatic rings. The Balaban J connectivity index is 1.91. The summed E-state index contributed by atoms with van der Waals surface area (Å²) in [5.41, 5.74) is 1.03. The molecule has 1 N–H and O–H groups in total. The standard InChI is InChI=1S/C16H29N5/c1-12(2)16-18-13(3)10-15(19-16)17-14(4)11-21-8-6-20(5)7-9-21/h10,12,14H,6-9,11H2,1-5H3,(H,17,18,19). The van der Waals surface area contributed by atoms with Crippen LogP contribution in [-0.4, -0.2) is 65.6 Å². The number of hydrogen-bond donors (Lipinski definition) is 1. The Labute approximate surface area is 128 Å². The Morgan fingerprint density at radius 1 is 1.14 bits per heavy atom. The summed E-state index contributed by atoms with van der Waals surface area (Å²) in [6.45, 7) is 14.2. The molecule has 0 aliphatic carbocycles. The Bertz CT molecular complexity index is 452. The Morgan fingerprint density at radius 3 is 2.43 bits per heavy atom. The maximum atomic E-state index is 4.63. The van der Waals surface area contributed by atoms with Crippen molar-refractivity contribution in [2.45, 2.75) is 39.7 Å². The van der Waals surface area contributed by atoms with Crippen molar-refractivity contribution in [3.05, 3.63) is 17.6 Å². The van der Waals surface area contributed by atoms with Crippen molar-refractivity contribution in [1.29, 1.82) is 0 Å². The van der Waals surface area contributed by atoms with Crippen molar-refractivity contribution >= 4 is 5.82 Å². The van der Waals surface area contributed by atoms with Crippen molar-refractivity contribution in [2.75, 3.05) is 45.1 Å². The van der Waals surface area contributed by atoms with Crippen LogP contribution < -0.4 is 5.32 Å². The number of piperazine rings is 1. The molecule has 1 fully saturated rings. The van der Waals surface area contributed by atoms with Gasteiger partial charge in [0.1, 0.15) is 11.6 Å². The van der Waals surface area contributed by atoms with Crippen molar-refractivity contribution in [3.8, 4) is 0 Å². The highest BCUT2D eigenvalue weighted by molar-refractivity contribution is 5.37. The molecule has 5 nitrogen and oxygen atoms in total. The minimum atomic E-state index is 0.360. The Morgan fingerprint density at radius 2 is 1.81 bits per heavy atom. The second-order valence-corrected chi connectivity index (χ2v) is 6.56. The van der Waals surface area contributed by atoms with E-state index in [1.165, 1.54) is 0 Å². The zero-order valence-corrected chi connectivity index (χ0v) is 14.1. The van der Waals surface area contributed by atoms with Gasteiger partial charge < -0.3 is 10.2 Å². The maximum absolute atomic E-state index is 4.63. The first-order valence-corrected chi connectivity index (χ1v) is 7.97. The monoisotopic (exact) mass is 291 g/mol. The number of likely N-dealkylation sites (N-methyl/N-ethyl adjacent to an activating group) is 1. The highest BCUT2D eigenvalue weighted by atomic mass is 15.3. The highest BCUT2D eigenvalue weighted by Crippen LogP contribution is 2.14. The second kappa shape index (κ2) is 7.18. The molecule has 0 spiro atoms. The van der Waals surface area contributed by atoms with E-state index >= 15 is 0 Å². The lowest BCUT2D eigenvalue weighted by Gasteiger charge is -2.34. The van der Waals surface area contributed by atoms with Gasteiger partial charge in [-0.1, -0.05) is 13.8 Å². The summed E-state index contributed by atoms with van der Waals surface area (Å²) in [4.78, 5) is 14.0. The van der Waals surface area contributed by atoms with E-state index in [-0.39, 0.29) is 0 Å². The molecular formula is C16H29N5. The molecule has 5 heteroatoms. The summed E-state index contributed by atoms with van der Waals surface area (Å²) < 4.78 is 0. The third-order valence-corrected chi connectivity index (χ3v) is 3.91. The van der Waals surface area contributed by atoms with Crippen LogP contribution in [0.4, 0.5) is 5.82 Å². The molecule has 2 rings (SSSR count). The second-order valence-electron chi connectivity index (χ2n) is 6.56. The molecule has 1 aliphatic heterocycles. The molecule has 1 saturated heterocycles. The molecule has 2 heterocycles. The lowest BCUT2D eigenvalue weighted by Crippen LogP contribution is -2.47. The molecular weight excluding hydrogens is 262 g/mol. The third-order valence-electron chi connectivity index (χ3n) is 3.91. The number of hydrogen-bond acceptors (Lipinski definition) is 5. The first-order valence-electron chi connectivity index (χ1n) is 7.97. The van der Waals surface area contributed by atoms with Crippen LogP contribution in [0, 0.1) is 6.92 Å². The quantitative estimate of drug-likeness (QED) is 0.898. The number of aryl methyl sites for hydroxylation is 1. The van der Waals surface area contributed by atoms with Crippen molar-refractivity contribution in [3.63, 3.8) is 0 Å². The fourth-order valence-electron chi connectivity index (χ4n) is 2.64. The highest BCUT2D eigenvalue weighted by Gasteiger charge is 2.16. The van der Waals surface area contributed by atoms with E-state index in [1.54, 1.807) is 0 Å². The Hall–Kier alpha value is -1.20. The van der Waals surface area contributed by atoms with Gasteiger partial charge in [0.15, 0.2) is 0 Å². The summed E-state index contributed by atoms with van der Waals surface area (Å²) in [5.74, 6) is 2.23. The fraction of sp³-hybridized carbons (Fsp3) is 0.750. The zero-order chi connectivity index (χ0) is 15.4. The van der Waals surface area contributed by atoms with Gasteiger partial charge in [0, 0.05) is 56.4 Å². The van der Waals surface area contributed by atoms with Crippen LogP contribution in [0.25, 0.3) is 0 Å². The molecule has 1 aromatic heterocycles. The van der Waals surface area contributed by atoms with Crippen molar-refractivity contribution < 1.29 is 0 Å². The number of nitrogens with zero attached hydrogens (tertiary/aromatic N) is 4. The lowest BCUT2D eigenvalue weighted by molar-refractivity contribution is 0.151. The summed E-state index contributed by atoms with van der Waals surface area (Å²) >= 11 is 0. The van der Waals surface area contributed by atoms with E-state index in [0.29, 0.717) is 12.0 Å². The van der Waals surface area contributed by atoms with E-state index in [1.807, 2.05) is 13.0 Å². The molecule has 1 unspecified atom stereocenters. The largest absolute Gasteiger partial charge is 0.366 e. The van der Waals surface area contributed by atoms with Gasteiger partial charge in [-0.05, 0) is 20.9 Å². The third kappa shape index (κ3) is 4.93. The number of nitrogens with one attached hydrogen (secondary N) is 1. The minimum Gasteiger partial charge on any atom is -0.366 e. The number of aromatic nitrogens is 2. The predicted molar refractivity (Wildman–Crippen MR) is 87.9 cm³/mol. The molecule has 1 atom stereocenters. The first-order chi connectivity index (χ1) is 9.94. The van der Waals surface area contributed by atoms with Crippen LogP contribution in [-0.2, 0) is 0 Å². The van der Waals surface area contributed by atoms with Gasteiger partial charge in [-0.15, -0.1) is 0 Å². The van der Waals surface area contributed by atoms with Crippen molar-refractivity contribution in [2.24, 2.45) is 0 Å². The summed E-state index contributed by atoms with van der Waals surface area (Å²) in [6, 6.07) is 2.43. The van der Waals surface area contributed by atoms with E-state index in [2.05, 4.69) is 52.9 Å². The van der Waals surface area contributed by atoms with Gasteiger partial charge in [0.2, 0.25) is 0 Å². The van der Waals surface area contributed by atoms with Gasteiger partial charge in [-0.25, -0.2) is 9.97 Å². The zero-order valence-electron chi connectivity index (χ0n) is 14.1. The summed E-state index contributed by atoms with van der Waals surface area (Å²) in [7, 11) is 2.19. The van der Waals surface area contributed by atoms with Crippen LogP contribution in [0.3, 0.4) is 0 Å². The van der Waals surface area contributed by atoms with Crippen LogP contribution in [0.15, 0.2) is 6.07 Å². The number of anilines is 1. The lowest BCUT2D eigenvalue weighted by atomic mass is 10.2. The normalized spacial score (nSPS) is 19.0. The Kier molecular flexibility index (Phi) is 5.53. The molecule has 0 bridgehead atoms. The average Bonchev–Trinajstić information content (AvgIpc) is 2.40. The van der Waals surface area contributed by atoms with Crippen LogP contribution in [0.5, 0.6) is 0 Å². The van der Waals surface area contributed by atoms with Gasteiger partial charge in [0.05, 0.1) is 0 Å². The molecule has 0 amide bonds. The topological polar surface area (TPSA) is 44.3 Å².